The Morgan fingerprint density at radius 1 is 1.31 bits per heavy atom. The summed E-state index contributed by atoms with van der Waals surface area (Å²) in [6.07, 6.45) is 4.48. The van der Waals surface area contributed by atoms with E-state index in [9.17, 15) is 0 Å². The molecule has 2 rings (SSSR count). The van der Waals surface area contributed by atoms with Crippen LogP contribution in [-0.2, 0) is 0 Å². The standard InChI is InChI=1S/C14H28N2/c1-12(2)13-5-6-14(9-13)10-16(11-14)8-7-15(3)4/h12-13H,5-11H2,1-4H3. The third-order valence-electron chi connectivity index (χ3n) is 4.66. The van der Waals surface area contributed by atoms with E-state index in [0.29, 0.717) is 0 Å². The first kappa shape index (κ1) is 12.4. The minimum atomic E-state index is 0.737. The van der Waals surface area contributed by atoms with Gasteiger partial charge in [-0.05, 0) is 50.6 Å². The molecule has 1 unspecified atom stereocenters. The van der Waals surface area contributed by atoms with Gasteiger partial charge in [-0.1, -0.05) is 13.8 Å². The fourth-order valence-corrected chi connectivity index (χ4v) is 3.51. The Labute approximate surface area is 101 Å². The zero-order chi connectivity index (χ0) is 11.8. The highest BCUT2D eigenvalue weighted by atomic mass is 15.2. The maximum Gasteiger partial charge on any atom is 0.0110 e. The maximum atomic E-state index is 2.64. The van der Waals surface area contributed by atoms with E-state index in [1.807, 2.05) is 0 Å². The minimum Gasteiger partial charge on any atom is -0.308 e. The molecular weight excluding hydrogens is 196 g/mol. The topological polar surface area (TPSA) is 6.48 Å². The van der Waals surface area contributed by atoms with Crippen molar-refractivity contribution in [2.75, 3.05) is 40.3 Å². The molecule has 1 spiro atoms. The zero-order valence-electron chi connectivity index (χ0n) is 11.5. The van der Waals surface area contributed by atoms with Crippen molar-refractivity contribution >= 4 is 0 Å². The fraction of sp³-hybridized carbons (Fsp3) is 1.00. The largest absolute Gasteiger partial charge is 0.308 e. The molecule has 1 heterocycles. The first-order chi connectivity index (χ1) is 7.51. The van der Waals surface area contributed by atoms with Gasteiger partial charge >= 0.3 is 0 Å². The van der Waals surface area contributed by atoms with Crippen molar-refractivity contribution in [1.29, 1.82) is 0 Å². The molecule has 2 nitrogen and oxygen atoms in total. The molecule has 1 aliphatic carbocycles. The Bertz CT molecular complexity index is 229. The van der Waals surface area contributed by atoms with Crippen molar-refractivity contribution in [2.24, 2.45) is 17.3 Å². The Kier molecular flexibility index (Phi) is 3.60. The summed E-state index contributed by atoms with van der Waals surface area (Å²) in [6, 6.07) is 0. The molecule has 2 heteroatoms. The van der Waals surface area contributed by atoms with Crippen LogP contribution in [0, 0.1) is 17.3 Å². The van der Waals surface area contributed by atoms with Crippen LogP contribution in [0.3, 0.4) is 0 Å². The summed E-state index contributed by atoms with van der Waals surface area (Å²) in [7, 11) is 4.33. The Balaban J connectivity index is 1.71. The third-order valence-corrected chi connectivity index (χ3v) is 4.66. The van der Waals surface area contributed by atoms with Crippen molar-refractivity contribution in [3.05, 3.63) is 0 Å². The highest BCUT2D eigenvalue weighted by Crippen LogP contribution is 2.49. The van der Waals surface area contributed by atoms with Crippen molar-refractivity contribution in [3.8, 4) is 0 Å². The average Bonchev–Trinajstić information content (AvgIpc) is 2.57. The van der Waals surface area contributed by atoms with Crippen LogP contribution in [0.1, 0.15) is 33.1 Å². The van der Waals surface area contributed by atoms with Crippen LogP contribution >= 0.6 is 0 Å². The number of likely N-dealkylation sites (tertiary alicyclic amines) is 1. The van der Waals surface area contributed by atoms with Gasteiger partial charge in [-0.2, -0.15) is 0 Å². The molecule has 0 aromatic rings. The Morgan fingerprint density at radius 3 is 2.50 bits per heavy atom. The van der Waals surface area contributed by atoms with E-state index in [1.54, 1.807) is 0 Å². The number of hydrogen-bond donors (Lipinski definition) is 0. The summed E-state index contributed by atoms with van der Waals surface area (Å²) in [6.45, 7) is 10.0. The van der Waals surface area contributed by atoms with Crippen LogP contribution in [-0.4, -0.2) is 50.1 Å². The van der Waals surface area contributed by atoms with Crippen LogP contribution in [0.2, 0.25) is 0 Å². The van der Waals surface area contributed by atoms with Gasteiger partial charge in [-0.15, -0.1) is 0 Å². The SMILES string of the molecule is CC(C)C1CCC2(C1)CN(CCN(C)C)C2. The quantitative estimate of drug-likeness (QED) is 0.723. The summed E-state index contributed by atoms with van der Waals surface area (Å²) in [5, 5.41) is 0. The summed E-state index contributed by atoms with van der Waals surface area (Å²) in [5.41, 5.74) is 0.737. The van der Waals surface area contributed by atoms with Gasteiger partial charge in [0.1, 0.15) is 0 Å². The first-order valence-corrected chi connectivity index (χ1v) is 6.88. The van der Waals surface area contributed by atoms with Crippen LogP contribution < -0.4 is 0 Å². The van der Waals surface area contributed by atoms with Crippen molar-refractivity contribution < 1.29 is 0 Å². The second-order valence-electron chi connectivity index (χ2n) is 6.76. The average molecular weight is 224 g/mol. The van der Waals surface area contributed by atoms with E-state index in [0.717, 1.165) is 17.3 Å². The van der Waals surface area contributed by atoms with Crippen molar-refractivity contribution in [1.82, 2.24) is 9.80 Å². The molecule has 0 bridgehead atoms. The number of nitrogens with zero attached hydrogens (tertiary/aromatic N) is 2. The van der Waals surface area contributed by atoms with Crippen molar-refractivity contribution in [3.63, 3.8) is 0 Å². The summed E-state index contributed by atoms with van der Waals surface area (Å²) >= 11 is 0. The number of hydrogen-bond acceptors (Lipinski definition) is 2. The first-order valence-electron chi connectivity index (χ1n) is 6.88. The number of likely N-dealkylation sites (N-methyl/N-ethyl adjacent to an activating group) is 1. The normalized spacial score (nSPS) is 29.2. The molecule has 0 N–H and O–H groups in total. The molecule has 1 saturated heterocycles. The lowest BCUT2D eigenvalue weighted by atomic mass is 9.76. The lowest BCUT2D eigenvalue weighted by molar-refractivity contribution is -0.00178. The Hall–Kier alpha value is -0.0800. The van der Waals surface area contributed by atoms with Crippen LogP contribution in [0.4, 0.5) is 0 Å². The van der Waals surface area contributed by atoms with Gasteiger partial charge in [-0.25, -0.2) is 0 Å². The predicted molar refractivity (Wildman–Crippen MR) is 69.6 cm³/mol. The second kappa shape index (κ2) is 4.66. The molecular formula is C14H28N2. The van der Waals surface area contributed by atoms with Crippen LogP contribution in [0.5, 0.6) is 0 Å². The van der Waals surface area contributed by atoms with E-state index in [-0.39, 0.29) is 0 Å². The summed E-state index contributed by atoms with van der Waals surface area (Å²) in [4.78, 5) is 4.93. The molecule has 0 amide bonds. The van der Waals surface area contributed by atoms with Gasteiger partial charge in [-0.3, -0.25) is 0 Å². The van der Waals surface area contributed by atoms with Crippen LogP contribution in [0.25, 0.3) is 0 Å². The van der Waals surface area contributed by atoms with Gasteiger partial charge in [0, 0.05) is 26.2 Å². The van der Waals surface area contributed by atoms with E-state index < -0.39 is 0 Å². The third kappa shape index (κ3) is 2.60. The minimum absolute atomic E-state index is 0.737. The molecule has 0 radical (unpaired) electrons. The van der Waals surface area contributed by atoms with Gasteiger partial charge < -0.3 is 9.80 Å². The van der Waals surface area contributed by atoms with E-state index >= 15 is 0 Å². The number of rotatable bonds is 4. The van der Waals surface area contributed by atoms with Crippen LogP contribution in [0.15, 0.2) is 0 Å². The van der Waals surface area contributed by atoms with Crippen molar-refractivity contribution in [2.45, 2.75) is 33.1 Å². The summed E-state index contributed by atoms with van der Waals surface area (Å²) < 4.78 is 0. The zero-order valence-corrected chi connectivity index (χ0v) is 11.5. The molecule has 2 fully saturated rings. The van der Waals surface area contributed by atoms with Gasteiger partial charge in [0.05, 0.1) is 0 Å². The maximum absolute atomic E-state index is 2.64. The van der Waals surface area contributed by atoms with E-state index in [1.165, 1.54) is 45.4 Å². The molecule has 0 aromatic heterocycles. The van der Waals surface area contributed by atoms with E-state index in [2.05, 4.69) is 37.7 Å². The molecule has 1 saturated carbocycles. The fourth-order valence-electron chi connectivity index (χ4n) is 3.51. The lowest BCUT2D eigenvalue weighted by Gasteiger charge is -2.49. The molecule has 1 aliphatic heterocycles. The van der Waals surface area contributed by atoms with Gasteiger partial charge in [0.25, 0.3) is 0 Å². The highest BCUT2D eigenvalue weighted by molar-refractivity contribution is 5.00. The molecule has 94 valence electrons. The molecule has 2 aliphatic rings. The van der Waals surface area contributed by atoms with Gasteiger partial charge in [0.2, 0.25) is 0 Å². The molecule has 16 heavy (non-hydrogen) atoms. The smallest absolute Gasteiger partial charge is 0.0110 e. The second-order valence-corrected chi connectivity index (χ2v) is 6.76. The Morgan fingerprint density at radius 2 is 2.00 bits per heavy atom. The summed E-state index contributed by atoms with van der Waals surface area (Å²) in [5.74, 6) is 1.91. The lowest BCUT2D eigenvalue weighted by Crippen LogP contribution is -2.56. The molecule has 0 aromatic carbocycles. The predicted octanol–water partition coefficient (Wildman–Crippen LogP) is 2.31. The monoisotopic (exact) mass is 224 g/mol. The highest BCUT2D eigenvalue weighted by Gasteiger charge is 2.47. The molecule has 1 atom stereocenters. The van der Waals surface area contributed by atoms with E-state index in [4.69, 9.17) is 0 Å². The van der Waals surface area contributed by atoms with Gasteiger partial charge in [0.15, 0.2) is 0 Å².